The standard InChI is InChI=1S/C32H40BrN5O3/c1-20-16-22(3)29(23(4)17-20)34-30(39)25-8-5-6-9-26(25)31(40)37-14-7-12-32(41,13-15-37)28-19-38(36-35-28)24-10-11-27(33)21(2)18-24/h10-11,16-19,25-26,41H,5-9,12-15H2,1-4H3,(H,34,39). The van der Waals surface area contributed by atoms with E-state index in [1.54, 1.807) is 10.9 Å². The highest BCUT2D eigenvalue weighted by molar-refractivity contribution is 9.10. The van der Waals surface area contributed by atoms with E-state index in [1.807, 2.05) is 43.9 Å². The first-order chi connectivity index (χ1) is 19.6. The summed E-state index contributed by atoms with van der Waals surface area (Å²) in [6.07, 6.45) is 6.62. The minimum absolute atomic E-state index is 0.0282. The van der Waals surface area contributed by atoms with E-state index in [-0.39, 0.29) is 23.7 Å². The second-order valence-corrected chi connectivity index (χ2v) is 12.8. The Balaban J connectivity index is 1.27. The fourth-order valence-corrected chi connectivity index (χ4v) is 6.78. The molecule has 3 aromatic rings. The fourth-order valence-electron chi connectivity index (χ4n) is 6.54. The maximum Gasteiger partial charge on any atom is 0.228 e. The predicted molar refractivity (Wildman–Crippen MR) is 163 cm³/mol. The number of nitrogens with one attached hydrogen (secondary N) is 1. The average Bonchev–Trinajstić information content (AvgIpc) is 3.36. The quantitative estimate of drug-likeness (QED) is 0.369. The van der Waals surface area contributed by atoms with Crippen LogP contribution in [0.5, 0.6) is 0 Å². The highest BCUT2D eigenvalue weighted by Gasteiger charge is 2.41. The van der Waals surface area contributed by atoms with Crippen LogP contribution in [-0.2, 0) is 15.2 Å². The van der Waals surface area contributed by atoms with E-state index in [0.717, 1.165) is 50.9 Å². The Morgan fingerprint density at radius 3 is 2.37 bits per heavy atom. The molecule has 9 heteroatoms. The Labute approximate surface area is 250 Å². The van der Waals surface area contributed by atoms with Gasteiger partial charge in [-0.1, -0.05) is 51.7 Å². The lowest BCUT2D eigenvalue weighted by molar-refractivity contribution is -0.142. The number of rotatable bonds is 5. The molecule has 1 aromatic heterocycles. The van der Waals surface area contributed by atoms with Crippen LogP contribution in [0.25, 0.3) is 5.69 Å². The van der Waals surface area contributed by atoms with Gasteiger partial charge in [-0.15, -0.1) is 5.10 Å². The molecule has 0 spiro atoms. The minimum Gasteiger partial charge on any atom is -0.383 e. The normalized spacial score (nSPS) is 23.2. The Morgan fingerprint density at radius 2 is 1.66 bits per heavy atom. The molecule has 0 bridgehead atoms. The zero-order valence-electron chi connectivity index (χ0n) is 24.4. The van der Waals surface area contributed by atoms with E-state index in [4.69, 9.17) is 0 Å². The number of likely N-dealkylation sites (tertiary alicyclic amines) is 1. The Morgan fingerprint density at radius 1 is 0.951 bits per heavy atom. The summed E-state index contributed by atoms with van der Waals surface area (Å²) < 4.78 is 2.70. The predicted octanol–water partition coefficient (Wildman–Crippen LogP) is 5.91. The number of carbonyl (C=O) groups excluding carboxylic acids is 2. The van der Waals surface area contributed by atoms with Crippen LogP contribution in [0.1, 0.15) is 72.9 Å². The van der Waals surface area contributed by atoms with Crippen molar-refractivity contribution in [1.82, 2.24) is 19.9 Å². The molecule has 3 atom stereocenters. The lowest BCUT2D eigenvalue weighted by Gasteiger charge is -2.34. The first kappa shape index (κ1) is 29.5. The van der Waals surface area contributed by atoms with Gasteiger partial charge in [0.1, 0.15) is 11.3 Å². The van der Waals surface area contributed by atoms with Crippen LogP contribution in [0.15, 0.2) is 41.0 Å². The van der Waals surface area contributed by atoms with Crippen molar-refractivity contribution in [2.45, 2.75) is 78.2 Å². The van der Waals surface area contributed by atoms with E-state index in [2.05, 4.69) is 50.6 Å². The van der Waals surface area contributed by atoms with Crippen LogP contribution >= 0.6 is 15.9 Å². The van der Waals surface area contributed by atoms with Crippen molar-refractivity contribution < 1.29 is 14.7 Å². The van der Waals surface area contributed by atoms with Crippen LogP contribution in [-0.4, -0.2) is 49.9 Å². The zero-order chi connectivity index (χ0) is 29.3. The maximum atomic E-state index is 13.9. The molecule has 5 rings (SSSR count). The summed E-state index contributed by atoms with van der Waals surface area (Å²) in [6, 6.07) is 10.1. The molecule has 1 aliphatic heterocycles. The van der Waals surface area contributed by atoms with Gasteiger partial charge in [0.05, 0.1) is 11.9 Å². The van der Waals surface area contributed by atoms with Gasteiger partial charge in [0, 0.05) is 35.1 Å². The third kappa shape index (κ3) is 6.26. The number of amides is 2. The Hall–Kier alpha value is -3.04. The molecule has 2 amide bonds. The molecule has 3 unspecified atom stereocenters. The number of aromatic nitrogens is 3. The zero-order valence-corrected chi connectivity index (χ0v) is 26.0. The summed E-state index contributed by atoms with van der Waals surface area (Å²) in [5, 5.41) is 23.4. The van der Waals surface area contributed by atoms with Gasteiger partial charge in [-0.05, 0) is 94.7 Å². The van der Waals surface area contributed by atoms with Crippen molar-refractivity contribution in [2.24, 2.45) is 11.8 Å². The van der Waals surface area contributed by atoms with Crippen molar-refractivity contribution in [2.75, 3.05) is 18.4 Å². The molecule has 1 saturated heterocycles. The van der Waals surface area contributed by atoms with Crippen LogP contribution < -0.4 is 5.32 Å². The number of aliphatic hydroxyl groups is 1. The van der Waals surface area contributed by atoms with E-state index in [0.29, 0.717) is 50.9 Å². The van der Waals surface area contributed by atoms with Gasteiger partial charge in [-0.3, -0.25) is 9.59 Å². The van der Waals surface area contributed by atoms with Gasteiger partial charge in [0.15, 0.2) is 0 Å². The number of benzene rings is 2. The topological polar surface area (TPSA) is 100 Å². The number of hydrogen-bond donors (Lipinski definition) is 2. The Kier molecular flexibility index (Phi) is 8.66. The molecule has 2 heterocycles. The second kappa shape index (κ2) is 12.1. The molecule has 2 N–H and O–H groups in total. The molecule has 41 heavy (non-hydrogen) atoms. The smallest absolute Gasteiger partial charge is 0.228 e. The number of halogens is 1. The van der Waals surface area contributed by atoms with Crippen LogP contribution in [0.3, 0.4) is 0 Å². The largest absolute Gasteiger partial charge is 0.383 e. The number of anilines is 1. The maximum absolute atomic E-state index is 13.9. The number of hydrogen-bond acceptors (Lipinski definition) is 5. The third-order valence-electron chi connectivity index (χ3n) is 8.85. The first-order valence-corrected chi connectivity index (χ1v) is 15.4. The number of carbonyl (C=O) groups is 2. The highest BCUT2D eigenvalue weighted by atomic mass is 79.9. The number of aryl methyl sites for hydroxylation is 4. The lowest BCUT2D eigenvalue weighted by atomic mass is 9.77. The van der Waals surface area contributed by atoms with Crippen molar-refractivity contribution in [3.8, 4) is 5.69 Å². The molecular formula is C32H40BrN5O3. The van der Waals surface area contributed by atoms with Gasteiger partial charge in [-0.25, -0.2) is 4.68 Å². The third-order valence-corrected chi connectivity index (χ3v) is 9.74. The van der Waals surface area contributed by atoms with Gasteiger partial charge >= 0.3 is 0 Å². The summed E-state index contributed by atoms with van der Waals surface area (Å²) >= 11 is 3.53. The van der Waals surface area contributed by atoms with Gasteiger partial charge < -0.3 is 15.3 Å². The summed E-state index contributed by atoms with van der Waals surface area (Å²) in [5.41, 5.74) is 5.39. The molecular weight excluding hydrogens is 582 g/mol. The van der Waals surface area contributed by atoms with Gasteiger partial charge in [0.25, 0.3) is 0 Å². The van der Waals surface area contributed by atoms with Crippen LogP contribution in [0, 0.1) is 39.5 Å². The van der Waals surface area contributed by atoms with Gasteiger partial charge in [0.2, 0.25) is 11.8 Å². The van der Waals surface area contributed by atoms with Crippen molar-refractivity contribution in [3.63, 3.8) is 0 Å². The molecule has 2 aliphatic rings. The summed E-state index contributed by atoms with van der Waals surface area (Å²) in [5.74, 6) is -0.736. The first-order valence-electron chi connectivity index (χ1n) is 14.6. The monoisotopic (exact) mass is 621 g/mol. The van der Waals surface area contributed by atoms with E-state index < -0.39 is 5.60 Å². The van der Waals surface area contributed by atoms with Crippen molar-refractivity contribution in [1.29, 1.82) is 0 Å². The minimum atomic E-state index is -1.17. The molecule has 1 saturated carbocycles. The van der Waals surface area contributed by atoms with Crippen molar-refractivity contribution >= 4 is 33.4 Å². The van der Waals surface area contributed by atoms with Gasteiger partial charge in [-0.2, -0.15) is 0 Å². The molecule has 218 valence electrons. The van der Waals surface area contributed by atoms with E-state index in [1.165, 1.54) is 0 Å². The van der Waals surface area contributed by atoms with Crippen LogP contribution in [0.2, 0.25) is 0 Å². The second-order valence-electron chi connectivity index (χ2n) is 12.0. The fraction of sp³-hybridized carbons (Fsp3) is 0.500. The van der Waals surface area contributed by atoms with Crippen LogP contribution in [0.4, 0.5) is 5.69 Å². The summed E-state index contributed by atoms with van der Waals surface area (Å²) in [6.45, 7) is 9.06. The molecule has 8 nitrogen and oxygen atoms in total. The SMILES string of the molecule is Cc1cc(C)c(NC(=O)C2CCCCC2C(=O)N2CCCC(O)(c3cn(-c4ccc(Br)c(C)c4)nn3)CC2)c(C)c1. The number of nitrogens with zero attached hydrogens (tertiary/aromatic N) is 4. The lowest BCUT2D eigenvalue weighted by Crippen LogP contribution is -2.44. The van der Waals surface area contributed by atoms with Crippen molar-refractivity contribution in [3.05, 3.63) is 68.9 Å². The highest BCUT2D eigenvalue weighted by Crippen LogP contribution is 2.36. The summed E-state index contributed by atoms with van der Waals surface area (Å²) in [4.78, 5) is 29.3. The Bertz CT molecular complexity index is 1430. The average molecular weight is 623 g/mol. The molecule has 2 fully saturated rings. The molecule has 0 radical (unpaired) electrons. The van der Waals surface area contributed by atoms with E-state index in [9.17, 15) is 14.7 Å². The molecule has 2 aromatic carbocycles. The van der Waals surface area contributed by atoms with E-state index >= 15 is 0 Å². The summed E-state index contributed by atoms with van der Waals surface area (Å²) in [7, 11) is 0. The molecule has 1 aliphatic carbocycles.